The lowest BCUT2D eigenvalue weighted by Crippen LogP contribution is -2.45. The van der Waals surface area contributed by atoms with Gasteiger partial charge in [0.05, 0.1) is 57.6 Å². The molecule has 1 aliphatic rings. The molecule has 1 fully saturated rings. The average molecular weight is 476 g/mol. The van der Waals surface area contributed by atoms with Crippen LogP contribution < -0.4 is 16.2 Å². The smallest absolute Gasteiger partial charge is 0.305 e. The lowest BCUT2D eigenvalue weighted by atomic mass is 10.1. The molecule has 34 heavy (non-hydrogen) atoms. The summed E-state index contributed by atoms with van der Waals surface area (Å²) in [5, 5.41) is 19.1. The summed E-state index contributed by atoms with van der Waals surface area (Å²) < 4.78 is 17.1. The Bertz CT molecular complexity index is 1070. The van der Waals surface area contributed by atoms with Gasteiger partial charge in [-0.2, -0.15) is 5.10 Å². The molecule has 1 saturated heterocycles. The summed E-state index contributed by atoms with van der Waals surface area (Å²) in [6.07, 6.45) is 1.88. The molecule has 0 radical (unpaired) electrons. The Balaban J connectivity index is 1.45. The standard InChI is InChI=1S/C22H28N4O8/c27-18-5-4-17(21(30)25-18)26-22(31)20-15(14-24-26)2-1-3-16(20)23-7-9-33-11-13-34-12-10-32-8-6-19(28)29/h1-3,14,17,23H,4-13H2,(H,28,29)(H,25,27,30). The highest BCUT2D eigenvalue weighted by Gasteiger charge is 2.30. The molecule has 12 heteroatoms. The van der Waals surface area contributed by atoms with Crippen LogP contribution in [0.2, 0.25) is 0 Å². The number of piperidine rings is 1. The number of amides is 2. The second-order valence-electron chi connectivity index (χ2n) is 7.54. The second kappa shape index (κ2) is 12.8. The van der Waals surface area contributed by atoms with Gasteiger partial charge in [-0.15, -0.1) is 0 Å². The number of rotatable bonds is 14. The maximum absolute atomic E-state index is 13.1. The van der Waals surface area contributed by atoms with Crippen LogP contribution in [0.4, 0.5) is 5.69 Å². The SMILES string of the molecule is O=C(O)CCOCCOCCOCCNc1cccc2cnn(C3CCC(=O)NC3=O)c(=O)c12. The Kier molecular flexibility index (Phi) is 9.50. The lowest BCUT2D eigenvalue weighted by molar-refractivity contribution is -0.138. The normalized spacial score (nSPS) is 15.9. The summed E-state index contributed by atoms with van der Waals surface area (Å²) in [6, 6.07) is 4.51. The molecule has 2 heterocycles. The molecule has 12 nitrogen and oxygen atoms in total. The molecule has 3 rings (SSSR count). The van der Waals surface area contributed by atoms with Crippen LogP contribution >= 0.6 is 0 Å². The van der Waals surface area contributed by atoms with E-state index in [2.05, 4.69) is 15.7 Å². The summed E-state index contributed by atoms with van der Waals surface area (Å²) in [6.45, 7) is 2.39. The quantitative estimate of drug-likeness (QED) is 0.256. The van der Waals surface area contributed by atoms with Crippen LogP contribution in [-0.4, -0.2) is 78.9 Å². The van der Waals surface area contributed by atoms with Crippen LogP contribution in [-0.2, 0) is 28.6 Å². The summed E-state index contributed by atoms with van der Waals surface area (Å²) >= 11 is 0. The molecule has 2 aromatic rings. The molecule has 1 unspecified atom stereocenters. The highest BCUT2D eigenvalue weighted by atomic mass is 16.5. The molecule has 0 bridgehead atoms. The average Bonchev–Trinajstić information content (AvgIpc) is 2.80. The number of aromatic nitrogens is 2. The second-order valence-corrected chi connectivity index (χ2v) is 7.54. The van der Waals surface area contributed by atoms with E-state index in [1.54, 1.807) is 18.2 Å². The van der Waals surface area contributed by atoms with Crippen molar-refractivity contribution in [2.75, 3.05) is 51.5 Å². The van der Waals surface area contributed by atoms with Gasteiger partial charge in [-0.05, 0) is 12.5 Å². The predicted octanol–water partition coefficient (Wildman–Crippen LogP) is 0.311. The highest BCUT2D eigenvalue weighted by Crippen LogP contribution is 2.21. The van der Waals surface area contributed by atoms with E-state index >= 15 is 0 Å². The van der Waals surface area contributed by atoms with E-state index in [9.17, 15) is 19.2 Å². The molecule has 1 aromatic carbocycles. The summed E-state index contributed by atoms with van der Waals surface area (Å²) in [5.74, 6) is -1.78. The molecular formula is C22H28N4O8. The number of anilines is 1. The van der Waals surface area contributed by atoms with Gasteiger partial charge in [0.1, 0.15) is 6.04 Å². The number of nitrogens with one attached hydrogen (secondary N) is 2. The minimum absolute atomic E-state index is 0.0336. The number of carboxylic acids is 1. The first-order chi connectivity index (χ1) is 16.5. The van der Waals surface area contributed by atoms with Gasteiger partial charge in [0.25, 0.3) is 11.5 Å². The zero-order chi connectivity index (χ0) is 24.3. The molecule has 3 N–H and O–H groups in total. The summed E-state index contributed by atoms with van der Waals surface area (Å²) in [7, 11) is 0. The van der Waals surface area contributed by atoms with Crippen molar-refractivity contribution >= 4 is 34.2 Å². The van der Waals surface area contributed by atoms with Gasteiger partial charge in [-0.3, -0.25) is 24.5 Å². The first-order valence-electron chi connectivity index (χ1n) is 11.0. The third-order valence-corrected chi connectivity index (χ3v) is 5.11. The number of fused-ring (bicyclic) bond motifs is 1. The third kappa shape index (κ3) is 7.07. The van der Waals surface area contributed by atoms with Gasteiger partial charge in [-0.1, -0.05) is 12.1 Å². The number of carboxylic acid groups (broad SMARTS) is 1. The van der Waals surface area contributed by atoms with Gasteiger partial charge in [0.2, 0.25) is 5.91 Å². The van der Waals surface area contributed by atoms with Crippen LogP contribution in [0, 0.1) is 0 Å². The summed E-state index contributed by atoms with van der Waals surface area (Å²) in [5.41, 5.74) is 0.194. The van der Waals surface area contributed by atoms with Crippen molar-refractivity contribution < 1.29 is 33.7 Å². The van der Waals surface area contributed by atoms with Crippen LogP contribution in [0.15, 0.2) is 29.2 Å². The van der Waals surface area contributed by atoms with Crippen LogP contribution in [0.1, 0.15) is 25.3 Å². The number of carbonyl (C=O) groups is 3. The molecule has 2 amide bonds. The Hall–Kier alpha value is -3.35. The molecule has 0 spiro atoms. The van der Waals surface area contributed by atoms with E-state index in [1.807, 2.05) is 0 Å². The van der Waals surface area contributed by atoms with Crippen molar-refractivity contribution in [3.8, 4) is 0 Å². The van der Waals surface area contributed by atoms with E-state index in [0.717, 1.165) is 4.68 Å². The molecule has 0 aliphatic carbocycles. The minimum Gasteiger partial charge on any atom is -0.481 e. The number of benzene rings is 1. The van der Waals surface area contributed by atoms with E-state index < -0.39 is 23.5 Å². The van der Waals surface area contributed by atoms with Crippen LogP contribution in [0.5, 0.6) is 0 Å². The van der Waals surface area contributed by atoms with E-state index in [0.29, 0.717) is 56.0 Å². The van der Waals surface area contributed by atoms with Crippen molar-refractivity contribution in [1.29, 1.82) is 0 Å². The maximum Gasteiger partial charge on any atom is 0.305 e. The largest absolute Gasteiger partial charge is 0.481 e. The van der Waals surface area contributed by atoms with Crippen molar-refractivity contribution in [1.82, 2.24) is 15.1 Å². The minimum atomic E-state index is -0.900. The van der Waals surface area contributed by atoms with E-state index in [-0.39, 0.29) is 31.8 Å². The fourth-order valence-corrected chi connectivity index (χ4v) is 3.45. The molecule has 1 atom stereocenters. The van der Waals surface area contributed by atoms with Gasteiger partial charge in [0, 0.05) is 24.0 Å². The van der Waals surface area contributed by atoms with E-state index in [1.165, 1.54) is 6.20 Å². The topological polar surface area (TPSA) is 158 Å². The van der Waals surface area contributed by atoms with Gasteiger partial charge >= 0.3 is 5.97 Å². The Morgan fingerprint density at radius 3 is 2.50 bits per heavy atom. The fraction of sp³-hybridized carbons (Fsp3) is 0.500. The van der Waals surface area contributed by atoms with Crippen LogP contribution in [0.3, 0.4) is 0 Å². The fourth-order valence-electron chi connectivity index (χ4n) is 3.45. The number of imide groups is 1. The van der Waals surface area contributed by atoms with Crippen molar-refractivity contribution in [2.24, 2.45) is 0 Å². The maximum atomic E-state index is 13.1. The Morgan fingerprint density at radius 2 is 1.79 bits per heavy atom. The van der Waals surface area contributed by atoms with Crippen molar-refractivity contribution in [3.05, 3.63) is 34.7 Å². The Morgan fingerprint density at radius 1 is 1.09 bits per heavy atom. The summed E-state index contributed by atoms with van der Waals surface area (Å²) in [4.78, 5) is 47.1. The van der Waals surface area contributed by atoms with Gasteiger partial charge in [-0.25, -0.2) is 4.68 Å². The van der Waals surface area contributed by atoms with Gasteiger partial charge in [0.15, 0.2) is 0 Å². The molecule has 1 aliphatic heterocycles. The monoisotopic (exact) mass is 476 g/mol. The highest BCUT2D eigenvalue weighted by molar-refractivity contribution is 5.99. The number of aliphatic carboxylic acids is 1. The Labute approximate surface area is 195 Å². The van der Waals surface area contributed by atoms with Crippen LogP contribution in [0.25, 0.3) is 10.8 Å². The lowest BCUT2D eigenvalue weighted by Gasteiger charge is -2.22. The van der Waals surface area contributed by atoms with Crippen molar-refractivity contribution in [3.63, 3.8) is 0 Å². The molecule has 0 saturated carbocycles. The number of hydrogen-bond acceptors (Lipinski definition) is 9. The first kappa shape index (κ1) is 25.3. The van der Waals surface area contributed by atoms with Crippen molar-refractivity contribution in [2.45, 2.75) is 25.3 Å². The number of hydrogen-bond donors (Lipinski definition) is 3. The number of ether oxygens (including phenoxy) is 3. The molecular weight excluding hydrogens is 448 g/mol. The third-order valence-electron chi connectivity index (χ3n) is 5.11. The predicted molar refractivity (Wildman–Crippen MR) is 121 cm³/mol. The first-order valence-corrected chi connectivity index (χ1v) is 11.0. The zero-order valence-electron chi connectivity index (χ0n) is 18.7. The molecule has 184 valence electrons. The van der Waals surface area contributed by atoms with E-state index in [4.69, 9.17) is 19.3 Å². The number of carbonyl (C=O) groups excluding carboxylic acids is 2. The zero-order valence-corrected chi connectivity index (χ0v) is 18.7. The number of nitrogens with zero attached hydrogens (tertiary/aromatic N) is 2. The van der Waals surface area contributed by atoms with Gasteiger partial charge < -0.3 is 24.6 Å². The molecule has 1 aromatic heterocycles.